The van der Waals surface area contributed by atoms with E-state index in [9.17, 15) is 8.42 Å². The smallest absolute Gasteiger partial charge is 0.181 e. The van der Waals surface area contributed by atoms with Gasteiger partial charge < -0.3 is 0 Å². The largest absolute Gasteiger partial charge is 0.223 e. The fraction of sp³-hybridized carbons (Fsp3) is 0.467. The lowest BCUT2D eigenvalue weighted by molar-refractivity contribution is 0.599. The predicted octanol–water partition coefficient (Wildman–Crippen LogP) is 3.99. The summed E-state index contributed by atoms with van der Waals surface area (Å²) in [7, 11) is -3.14. The predicted molar refractivity (Wildman–Crippen MR) is 76.4 cm³/mol. The van der Waals surface area contributed by atoms with Gasteiger partial charge in [-0.15, -0.1) is 0 Å². The van der Waals surface area contributed by atoms with Crippen molar-refractivity contribution < 1.29 is 8.42 Å². The minimum Gasteiger partial charge on any atom is -0.223 e. The number of benzene rings is 1. The number of rotatable bonds is 8. The Hall–Kier alpha value is -1.09. The van der Waals surface area contributed by atoms with Gasteiger partial charge in [-0.05, 0) is 25.0 Å². The van der Waals surface area contributed by atoms with Crippen LogP contribution in [0.25, 0.3) is 0 Å². The van der Waals surface area contributed by atoms with Crippen molar-refractivity contribution in [2.45, 2.75) is 43.9 Å². The molecule has 0 aliphatic carbocycles. The van der Waals surface area contributed by atoms with Crippen molar-refractivity contribution in [3.05, 3.63) is 42.5 Å². The molecule has 18 heavy (non-hydrogen) atoms. The number of unbranched alkanes of at least 4 members (excludes halogenated alkanes) is 4. The summed E-state index contributed by atoms with van der Waals surface area (Å²) in [5, 5.41) is 0. The van der Waals surface area contributed by atoms with Gasteiger partial charge in [-0.1, -0.05) is 56.5 Å². The van der Waals surface area contributed by atoms with Gasteiger partial charge in [0.05, 0.1) is 10.6 Å². The molecule has 0 saturated carbocycles. The molecule has 0 spiro atoms. The third-order valence-corrected chi connectivity index (χ3v) is 4.43. The van der Waals surface area contributed by atoms with Crippen LogP contribution in [-0.4, -0.2) is 14.2 Å². The second kappa shape index (κ2) is 8.09. The molecule has 0 N–H and O–H groups in total. The summed E-state index contributed by atoms with van der Waals surface area (Å²) in [6.07, 6.45) is 9.60. The first kappa shape index (κ1) is 15.0. The minimum atomic E-state index is -3.14. The van der Waals surface area contributed by atoms with Gasteiger partial charge in [-0.2, -0.15) is 0 Å². The standard InChI is InChI=1S/C15H22O2S/c1-2-3-4-5-6-7-11-14-18(16,17)15-12-9-8-10-13-15/h7-13H,2-6,14H2,1H3/b11-7+. The Kier molecular flexibility index (Phi) is 6.73. The summed E-state index contributed by atoms with van der Waals surface area (Å²) in [6, 6.07) is 8.61. The van der Waals surface area contributed by atoms with Gasteiger partial charge in [0.15, 0.2) is 9.84 Å². The van der Waals surface area contributed by atoms with Crippen molar-refractivity contribution in [3.63, 3.8) is 0 Å². The van der Waals surface area contributed by atoms with E-state index in [1.807, 2.05) is 12.1 Å². The van der Waals surface area contributed by atoms with Gasteiger partial charge in [0, 0.05) is 0 Å². The molecule has 100 valence electrons. The Morgan fingerprint density at radius 2 is 1.72 bits per heavy atom. The molecule has 1 aromatic carbocycles. The van der Waals surface area contributed by atoms with Gasteiger partial charge in [-0.3, -0.25) is 0 Å². The van der Waals surface area contributed by atoms with Crippen LogP contribution >= 0.6 is 0 Å². The zero-order valence-corrected chi connectivity index (χ0v) is 11.8. The van der Waals surface area contributed by atoms with Crippen molar-refractivity contribution in [1.29, 1.82) is 0 Å². The van der Waals surface area contributed by atoms with Gasteiger partial charge >= 0.3 is 0 Å². The van der Waals surface area contributed by atoms with Gasteiger partial charge in [-0.25, -0.2) is 8.42 Å². The van der Waals surface area contributed by atoms with Crippen molar-refractivity contribution in [2.24, 2.45) is 0 Å². The van der Waals surface area contributed by atoms with Crippen LogP contribution in [0.1, 0.15) is 39.0 Å². The fourth-order valence-corrected chi connectivity index (χ4v) is 2.88. The molecular weight excluding hydrogens is 244 g/mol. The van der Waals surface area contributed by atoms with Gasteiger partial charge in [0.2, 0.25) is 0 Å². The van der Waals surface area contributed by atoms with E-state index in [-0.39, 0.29) is 5.75 Å². The normalized spacial score (nSPS) is 12.1. The van der Waals surface area contributed by atoms with Crippen LogP contribution < -0.4 is 0 Å². The van der Waals surface area contributed by atoms with E-state index < -0.39 is 9.84 Å². The zero-order valence-electron chi connectivity index (χ0n) is 11.0. The molecule has 0 radical (unpaired) electrons. The second-order valence-electron chi connectivity index (χ2n) is 4.42. The molecule has 0 aliphatic rings. The van der Waals surface area contributed by atoms with Crippen LogP contribution in [0.3, 0.4) is 0 Å². The molecule has 0 bridgehead atoms. The quantitative estimate of drug-likeness (QED) is 0.526. The molecule has 0 amide bonds. The average molecular weight is 266 g/mol. The second-order valence-corrected chi connectivity index (χ2v) is 6.45. The topological polar surface area (TPSA) is 34.1 Å². The summed E-state index contributed by atoms with van der Waals surface area (Å²) in [4.78, 5) is 0.403. The monoisotopic (exact) mass is 266 g/mol. The van der Waals surface area contributed by atoms with E-state index in [0.717, 1.165) is 12.8 Å². The maximum absolute atomic E-state index is 11.9. The average Bonchev–Trinajstić information content (AvgIpc) is 2.39. The maximum atomic E-state index is 11.9. The molecule has 0 heterocycles. The lowest BCUT2D eigenvalue weighted by atomic mass is 10.1. The molecular formula is C15H22O2S. The molecule has 0 saturated heterocycles. The molecule has 0 unspecified atom stereocenters. The molecule has 1 rings (SSSR count). The zero-order chi connectivity index (χ0) is 13.3. The van der Waals surface area contributed by atoms with Crippen LogP contribution in [0, 0.1) is 0 Å². The Morgan fingerprint density at radius 1 is 1.00 bits per heavy atom. The summed E-state index contributed by atoms with van der Waals surface area (Å²) in [5.41, 5.74) is 0. The summed E-state index contributed by atoms with van der Waals surface area (Å²) < 4.78 is 23.8. The Labute approximate surface area is 111 Å². The van der Waals surface area contributed by atoms with Crippen LogP contribution in [-0.2, 0) is 9.84 Å². The van der Waals surface area contributed by atoms with Gasteiger partial charge in [0.25, 0.3) is 0 Å². The number of sulfone groups is 1. The number of hydrogen-bond donors (Lipinski definition) is 0. The van der Waals surface area contributed by atoms with Crippen molar-refractivity contribution >= 4 is 9.84 Å². The molecule has 2 nitrogen and oxygen atoms in total. The molecule has 0 fully saturated rings. The Morgan fingerprint density at radius 3 is 2.39 bits per heavy atom. The first-order chi connectivity index (χ1) is 8.67. The van der Waals surface area contributed by atoms with E-state index >= 15 is 0 Å². The lowest BCUT2D eigenvalue weighted by Gasteiger charge is -2.00. The van der Waals surface area contributed by atoms with Crippen molar-refractivity contribution in [3.8, 4) is 0 Å². The lowest BCUT2D eigenvalue weighted by Crippen LogP contribution is -2.04. The van der Waals surface area contributed by atoms with Crippen LogP contribution in [0.5, 0.6) is 0 Å². The van der Waals surface area contributed by atoms with Crippen molar-refractivity contribution in [2.75, 3.05) is 5.75 Å². The maximum Gasteiger partial charge on any atom is 0.181 e. The van der Waals surface area contributed by atoms with E-state index in [0.29, 0.717) is 4.90 Å². The highest BCUT2D eigenvalue weighted by Gasteiger charge is 2.10. The van der Waals surface area contributed by atoms with Gasteiger partial charge in [0.1, 0.15) is 0 Å². The molecule has 1 aromatic rings. The highest BCUT2D eigenvalue weighted by atomic mass is 32.2. The number of allylic oxidation sites excluding steroid dienone is 1. The highest BCUT2D eigenvalue weighted by Crippen LogP contribution is 2.10. The first-order valence-electron chi connectivity index (χ1n) is 6.59. The number of hydrogen-bond acceptors (Lipinski definition) is 2. The molecule has 0 atom stereocenters. The summed E-state index contributed by atoms with van der Waals surface area (Å²) in [6.45, 7) is 2.18. The fourth-order valence-electron chi connectivity index (χ4n) is 1.73. The van der Waals surface area contributed by atoms with Crippen molar-refractivity contribution in [1.82, 2.24) is 0 Å². The third kappa shape index (κ3) is 5.50. The summed E-state index contributed by atoms with van der Waals surface area (Å²) in [5.74, 6) is 0.102. The Balaban J connectivity index is 2.36. The SMILES string of the molecule is CCCCCC/C=C/CS(=O)(=O)c1ccccc1. The van der Waals surface area contributed by atoms with E-state index in [2.05, 4.69) is 6.92 Å². The van der Waals surface area contributed by atoms with Crippen LogP contribution in [0.2, 0.25) is 0 Å². The first-order valence-corrected chi connectivity index (χ1v) is 8.25. The van der Waals surface area contributed by atoms with Crippen LogP contribution in [0.4, 0.5) is 0 Å². The van der Waals surface area contributed by atoms with E-state index in [1.165, 1.54) is 19.3 Å². The molecule has 0 aliphatic heterocycles. The third-order valence-electron chi connectivity index (χ3n) is 2.81. The van der Waals surface area contributed by atoms with Crippen LogP contribution in [0.15, 0.2) is 47.4 Å². The highest BCUT2D eigenvalue weighted by molar-refractivity contribution is 7.91. The molecule has 3 heteroatoms. The summed E-state index contributed by atoms with van der Waals surface area (Å²) >= 11 is 0. The molecule has 0 aromatic heterocycles. The minimum absolute atomic E-state index is 0.102. The van der Waals surface area contributed by atoms with E-state index in [4.69, 9.17) is 0 Å². The van der Waals surface area contributed by atoms with E-state index in [1.54, 1.807) is 30.3 Å². The Bertz CT molecular complexity index is 447.